The van der Waals surface area contributed by atoms with Gasteiger partial charge in [-0.05, 0) is 31.6 Å². The topological polar surface area (TPSA) is 68.5 Å². The van der Waals surface area contributed by atoms with Crippen molar-refractivity contribution in [2.24, 2.45) is 5.92 Å². The zero-order valence-corrected chi connectivity index (χ0v) is 27.0. The van der Waals surface area contributed by atoms with Gasteiger partial charge in [0.1, 0.15) is 19.3 Å². The molecule has 0 radical (unpaired) electrons. The van der Waals surface area contributed by atoms with E-state index >= 15 is 0 Å². The van der Waals surface area contributed by atoms with E-state index in [0.717, 1.165) is 57.9 Å². The van der Waals surface area contributed by atoms with Crippen molar-refractivity contribution < 1.29 is 23.6 Å². The lowest BCUT2D eigenvalue weighted by molar-refractivity contribution is -0.697. The maximum absolute atomic E-state index is 12.5. The number of pyridine rings is 1. The van der Waals surface area contributed by atoms with Crippen molar-refractivity contribution in [2.75, 3.05) is 13.2 Å². The van der Waals surface area contributed by atoms with Gasteiger partial charge in [-0.2, -0.15) is 0 Å². The number of carbonyl (C=O) groups is 2. The van der Waals surface area contributed by atoms with E-state index in [9.17, 15) is 9.59 Å². The summed E-state index contributed by atoms with van der Waals surface area (Å²) in [7, 11) is 0. The van der Waals surface area contributed by atoms with Crippen LogP contribution in [0, 0.1) is 5.92 Å². The van der Waals surface area contributed by atoms with Crippen molar-refractivity contribution >= 4 is 12.1 Å². The number of ether oxygens (including phenoxy) is 2. The summed E-state index contributed by atoms with van der Waals surface area (Å²) < 4.78 is 13.4. The summed E-state index contributed by atoms with van der Waals surface area (Å²) in [5.41, 5.74) is 0. The first kappa shape index (κ1) is 36.1. The SMILES string of the molecule is CCCCCCCCCCCCCCCCCCNC(=O)OCC(OC(=O)CCCC[n+]1ccccc1)C1CCCC1. The smallest absolute Gasteiger partial charge is 0.407 e. The van der Waals surface area contributed by atoms with Crippen molar-refractivity contribution in [3.63, 3.8) is 0 Å². The fourth-order valence-corrected chi connectivity index (χ4v) is 6.04. The number of aromatic nitrogens is 1. The number of carbonyl (C=O) groups excluding carboxylic acids is 2. The minimum Gasteiger partial charge on any atom is -0.458 e. The Balaban J connectivity index is 1.43. The van der Waals surface area contributed by atoms with Crippen LogP contribution in [0.25, 0.3) is 0 Å². The monoisotopic (exact) mass is 587 g/mol. The molecular weight excluding hydrogens is 524 g/mol. The Hall–Kier alpha value is -2.11. The molecule has 2 rings (SSSR count). The van der Waals surface area contributed by atoms with Gasteiger partial charge in [0.05, 0.1) is 0 Å². The lowest BCUT2D eigenvalue weighted by Crippen LogP contribution is -2.34. The first-order valence-electron chi connectivity index (χ1n) is 17.7. The van der Waals surface area contributed by atoms with E-state index in [0.29, 0.717) is 18.9 Å². The predicted molar refractivity (Wildman–Crippen MR) is 171 cm³/mol. The molecule has 1 atom stereocenters. The zero-order chi connectivity index (χ0) is 29.9. The van der Waals surface area contributed by atoms with Gasteiger partial charge in [0, 0.05) is 31.5 Å². The molecule has 1 N–H and O–H groups in total. The van der Waals surface area contributed by atoms with E-state index in [2.05, 4.69) is 16.8 Å². The van der Waals surface area contributed by atoms with Crippen molar-refractivity contribution in [1.29, 1.82) is 0 Å². The molecule has 1 aliphatic carbocycles. The third kappa shape index (κ3) is 19.2. The molecule has 6 nitrogen and oxygen atoms in total. The van der Waals surface area contributed by atoms with Crippen LogP contribution in [0.3, 0.4) is 0 Å². The molecular formula is C36H63N2O4+. The zero-order valence-electron chi connectivity index (χ0n) is 27.0. The highest BCUT2D eigenvalue weighted by Crippen LogP contribution is 2.30. The molecule has 1 amide bonds. The van der Waals surface area contributed by atoms with Gasteiger partial charge in [0.15, 0.2) is 12.4 Å². The highest BCUT2D eigenvalue weighted by Gasteiger charge is 2.29. The summed E-state index contributed by atoms with van der Waals surface area (Å²) in [6.07, 6.45) is 31.3. The molecule has 6 heteroatoms. The van der Waals surface area contributed by atoms with E-state index in [1.54, 1.807) is 0 Å². The van der Waals surface area contributed by atoms with Crippen LogP contribution in [-0.4, -0.2) is 31.3 Å². The van der Waals surface area contributed by atoms with E-state index in [4.69, 9.17) is 9.47 Å². The van der Waals surface area contributed by atoms with Gasteiger partial charge < -0.3 is 14.8 Å². The Bertz CT molecular complexity index is 782. The van der Waals surface area contributed by atoms with Gasteiger partial charge >= 0.3 is 12.1 Å². The lowest BCUT2D eigenvalue weighted by Gasteiger charge is -2.23. The van der Waals surface area contributed by atoms with Gasteiger partial charge in [-0.25, -0.2) is 9.36 Å². The molecule has 1 aliphatic rings. The number of amides is 1. The number of rotatable bonds is 26. The number of alkyl carbamates (subject to hydrolysis) is 1. The first-order chi connectivity index (χ1) is 20.7. The fourth-order valence-electron chi connectivity index (χ4n) is 6.04. The highest BCUT2D eigenvalue weighted by molar-refractivity contribution is 5.69. The van der Waals surface area contributed by atoms with Crippen molar-refractivity contribution in [3.05, 3.63) is 30.6 Å². The second-order valence-electron chi connectivity index (χ2n) is 12.5. The summed E-state index contributed by atoms with van der Waals surface area (Å²) in [5.74, 6) is 0.115. The molecule has 1 unspecified atom stereocenters. The number of aryl methyl sites for hydroxylation is 1. The molecule has 0 aromatic carbocycles. The predicted octanol–water partition coefficient (Wildman–Crippen LogP) is 9.23. The molecule has 0 saturated heterocycles. The second kappa shape index (κ2) is 25.4. The minimum absolute atomic E-state index is 0.154. The Morgan fingerprint density at radius 2 is 1.29 bits per heavy atom. The van der Waals surface area contributed by atoms with Gasteiger partial charge in [0.25, 0.3) is 0 Å². The number of hydrogen-bond donors (Lipinski definition) is 1. The Kier molecular flexibility index (Phi) is 21.8. The normalized spacial score (nSPS) is 14.1. The van der Waals surface area contributed by atoms with Crippen molar-refractivity contribution in [1.82, 2.24) is 5.32 Å². The van der Waals surface area contributed by atoms with Crippen LogP contribution in [0.2, 0.25) is 0 Å². The average molecular weight is 588 g/mol. The second-order valence-corrected chi connectivity index (χ2v) is 12.5. The van der Waals surface area contributed by atoms with Crippen molar-refractivity contribution in [3.8, 4) is 0 Å². The van der Waals surface area contributed by atoms with Crippen molar-refractivity contribution in [2.45, 2.75) is 167 Å². The number of nitrogens with one attached hydrogen (secondary N) is 1. The quantitative estimate of drug-likeness (QED) is 0.0666. The van der Waals surface area contributed by atoms with E-state index in [-0.39, 0.29) is 18.7 Å². The molecule has 240 valence electrons. The molecule has 0 spiro atoms. The Morgan fingerprint density at radius 1 is 0.738 bits per heavy atom. The number of esters is 1. The molecule has 1 aromatic rings. The van der Waals surface area contributed by atoms with Gasteiger partial charge in [-0.15, -0.1) is 0 Å². The molecule has 0 aliphatic heterocycles. The third-order valence-electron chi connectivity index (χ3n) is 8.71. The maximum atomic E-state index is 12.5. The number of nitrogens with zero attached hydrogens (tertiary/aromatic N) is 1. The molecule has 1 saturated carbocycles. The molecule has 0 bridgehead atoms. The third-order valence-corrected chi connectivity index (χ3v) is 8.71. The minimum atomic E-state index is -0.394. The lowest BCUT2D eigenvalue weighted by atomic mass is 10.0. The largest absolute Gasteiger partial charge is 0.458 e. The summed E-state index contributed by atoms with van der Waals surface area (Å²) >= 11 is 0. The molecule has 1 fully saturated rings. The first-order valence-corrected chi connectivity index (χ1v) is 17.7. The Labute approximate surface area is 257 Å². The summed E-state index contributed by atoms with van der Waals surface area (Å²) in [6, 6.07) is 6.02. The van der Waals surface area contributed by atoms with E-state index < -0.39 is 6.09 Å². The number of hydrogen-bond acceptors (Lipinski definition) is 4. The maximum Gasteiger partial charge on any atom is 0.407 e. The Morgan fingerprint density at radius 3 is 1.86 bits per heavy atom. The average Bonchev–Trinajstić information content (AvgIpc) is 3.55. The summed E-state index contributed by atoms with van der Waals surface area (Å²) in [4.78, 5) is 24.8. The molecule has 1 heterocycles. The summed E-state index contributed by atoms with van der Waals surface area (Å²) in [5, 5.41) is 2.89. The summed E-state index contributed by atoms with van der Waals surface area (Å²) in [6.45, 7) is 3.97. The molecule has 42 heavy (non-hydrogen) atoms. The van der Waals surface area contributed by atoms with Crippen LogP contribution in [0.1, 0.15) is 155 Å². The fraction of sp³-hybridized carbons (Fsp3) is 0.806. The highest BCUT2D eigenvalue weighted by atomic mass is 16.6. The van der Waals surface area contributed by atoms with E-state index in [1.165, 1.54) is 89.9 Å². The van der Waals surface area contributed by atoms with Crippen LogP contribution >= 0.6 is 0 Å². The number of unbranched alkanes of at least 4 members (excludes halogenated alkanes) is 16. The standard InChI is InChI=1S/C36H62N2O4/c1-2-3-4-5-6-7-8-9-10-11-12-13-14-15-16-21-28-37-36(40)41-32-34(33-25-18-19-26-33)42-35(39)27-20-24-31-38-29-22-17-23-30-38/h17,22-23,29-30,33-34H,2-16,18-21,24-28,31-32H2,1H3/p+1. The van der Waals surface area contributed by atoms with Crippen LogP contribution in [0.5, 0.6) is 0 Å². The van der Waals surface area contributed by atoms with Crippen LogP contribution in [0.4, 0.5) is 4.79 Å². The van der Waals surface area contributed by atoms with Gasteiger partial charge in [-0.3, -0.25) is 4.79 Å². The van der Waals surface area contributed by atoms with Gasteiger partial charge in [-0.1, -0.05) is 122 Å². The van der Waals surface area contributed by atoms with Crippen LogP contribution in [-0.2, 0) is 20.8 Å². The van der Waals surface area contributed by atoms with Gasteiger partial charge in [0.2, 0.25) is 0 Å². The molecule has 1 aromatic heterocycles. The van der Waals surface area contributed by atoms with Crippen LogP contribution in [0.15, 0.2) is 30.6 Å². The van der Waals surface area contributed by atoms with E-state index in [1.807, 2.05) is 30.6 Å². The van der Waals surface area contributed by atoms with Crippen LogP contribution < -0.4 is 9.88 Å².